The predicted molar refractivity (Wildman–Crippen MR) is 86.6 cm³/mol. The molecular formula is C15H18Cl2N4O. The molecule has 0 aromatic carbocycles. The Balaban J connectivity index is 1.79. The van der Waals surface area contributed by atoms with E-state index >= 15 is 0 Å². The summed E-state index contributed by atoms with van der Waals surface area (Å²) in [5.74, 6) is -0.0371. The van der Waals surface area contributed by atoms with Gasteiger partial charge in [0.25, 0.3) is 5.91 Å². The summed E-state index contributed by atoms with van der Waals surface area (Å²) in [5.41, 5.74) is 1.65. The largest absolute Gasteiger partial charge is 0.335 e. The lowest BCUT2D eigenvalue weighted by Crippen LogP contribution is -2.41. The third kappa shape index (κ3) is 2.75. The molecule has 0 spiro atoms. The molecule has 3 rings (SSSR count). The van der Waals surface area contributed by atoms with Crippen molar-refractivity contribution in [1.29, 1.82) is 0 Å². The minimum atomic E-state index is -0.0371. The van der Waals surface area contributed by atoms with Crippen LogP contribution in [0.5, 0.6) is 0 Å². The molecule has 1 fully saturated rings. The molecule has 1 saturated heterocycles. The molecule has 2 aromatic heterocycles. The SMILES string of the molecule is Cc1cnn(C2CCCN(C(=O)c3cc(Cl)c(Cl)n3C)C2)c1. The fourth-order valence-electron chi connectivity index (χ4n) is 2.90. The first-order valence-corrected chi connectivity index (χ1v) is 8.03. The summed E-state index contributed by atoms with van der Waals surface area (Å²) in [6.45, 7) is 3.42. The number of halogens is 2. The summed E-state index contributed by atoms with van der Waals surface area (Å²) >= 11 is 12.1. The van der Waals surface area contributed by atoms with Gasteiger partial charge in [-0.1, -0.05) is 23.2 Å². The fraction of sp³-hybridized carbons (Fsp3) is 0.467. The van der Waals surface area contributed by atoms with Crippen LogP contribution in [0.2, 0.25) is 10.2 Å². The molecule has 1 aliphatic heterocycles. The summed E-state index contributed by atoms with van der Waals surface area (Å²) in [7, 11) is 1.75. The highest BCUT2D eigenvalue weighted by atomic mass is 35.5. The van der Waals surface area contributed by atoms with Crippen LogP contribution in [0.3, 0.4) is 0 Å². The number of nitrogens with zero attached hydrogens (tertiary/aromatic N) is 4. The number of carbonyl (C=O) groups is 1. The molecule has 0 bridgehead atoms. The first kappa shape index (κ1) is 15.4. The van der Waals surface area contributed by atoms with Gasteiger partial charge in [0.05, 0.1) is 17.3 Å². The zero-order chi connectivity index (χ0) is 15.9. The van der Waals surface area contributed by atoms with Gasteiger partial charge < -0.3 is 9.47 Å². The van der Waals surface area contributed by atoms with E-state index < -0.39 is 0 Å². The van der Waals surface area contributed by atoms with Gasteiger partial charge in [0.2, 0.25) is 0 Å². The second-order valence-electron chi connectivity index (χ2n) is 5.77. The van der Waals surface area contributed by atoms with Gasteiger partial charge in [-0.05, 0) is 31.4 Å². The number of aromatic nitrogens is 3. The standard InChI is InChI=1S/C15H18Cl2N4O/c1-10-7-18-21(8-10)11-4-3-5-20(9-11)15(22)13-6-12(16)14(17)19(13)2/h6-8,11H,3-5,9H2,1-2H3. The predicted octanol–water partition coefficient (Wildman–Crippen LogP) is 3.31. The molecule has 0 N–H and O–H groups in total. The van der Waals surface area contributed by atoms with E-state index in [0.29, 0.717) is 22.4 Å². The number of amides is 1. The number of aryl methyl sites for hydroxylation is 1. The molecule has 0 aliphatic carbocycles. The maximum absolute atomic E-state index is 12.7. The first-order valence-electron chi connectivity index (χ1n) is 7.28. The molecule has 22 heavy (non-hydrogen) atoms. The Kier molecular flexibility index (Phi) is 4.19. The van der Waals surface area contributed by atoms with Crippen LogP contribution < -0.4 is 0 Å². The van der Waals surface area contributed by atoms with Crippen molar-refractivity contribution >= 4 is 29.1 Å². The summed E-state index contributed by atoms with van der Waals surface area (Å²) in [5, 5.41) is 5.17. The smallest absolute Gasteiger partial charge is 0.270 e. The third-order valence-corrected chi connectivity index (χ3v) is 4.97. The molecule has 3 heterocycles. The van der Waals surface area contributed by atoms with Crippen molar-refractivity contribution in [1.82, 2.24) is 19.2 Å². The van der Waals surface area contributed by atoms with Gasteiger partial charge in [-0.15, -0.1) is 0 Å². The van der Waals surface area contributed by atoms with Crippen LogP contribution in [0.1, 0.15) is 34.9 Å². The van der Waals surface area contributed by atoms with Crippen molar-refractivity contribution in [3.63, 3.8) is 0 Å². The summed E-state index contributed by atoms with van der Waals surface area (Å²) in [6, 6.07) is 1.85. The van der Waals surface area contributed by atoms with Crippen molar-refractivity contribution < 1.29 is 4.79 Å². The van der Waals surface area contributed by atoms with E-state index in [-0.39, 0.29) is 11.9 Å². The van der Waals surface area contributed by atoms with Gasteiger partial charge in [0.15, 0.2) is 0 Å². The molecular weight excluding hydrogens is 323 g/mol. The molecule has 2 aromatic rings. The van der Waals surface area contributed by atoms with Crippen molar-refractivity contribution in [2.45, 2.75) is 25.8 Å². The van der Waals surface area contributed by atoms with Crippen LogP contribution in [0.15, 0.2) is 18.5 Å². The van der Waals surface area contributed by atoms with Gasteiger partial charge >= 0.3 is 0 Å². The van der Waals surface area contributed by atoms with E-state index in [9.17, 15) is 4.79 Å². The normalized spacial score (nSPS) is 18.7. The molecule has 5 nitrogen and oxygen atoms in total. The molecule has 118 valence electrons. The molecule has 0 saturated carbocycles. The minimum Gasteiger partial charge on any atom is -0.335 e. The zero-order valence-corrected chi connectivity index (χ0v) is 14.1. The van der Waals surface area contributed by atoms with E-state index in [1.807, 2.05) is 28.9 Å². The molecule has 1 unspecified atom stereocenters. The maximum Gasteiger partial charge on any atom is 0.270 e. The first-order chi connectivity index (χ1) is 10.5. The van der Waals surface area contributed by atoms with Crippen LogP contribution in [0.25, 0.3) is 0 Å². The van der Waals surface area contributed by atoms with Gasteiger partial charge in [0.1, 0.15) is 10.8 Å². The zero-order valence-electron chi connectivity index (χ0n) is 12.6. The summed E-state index contributed by atoms with van der Waals surface area (Å²) in [6.07, 6.45) is 5.85. The van der Waals surface area contributed by atoms with Crippen molar-refractivity contribution in [3.05, 3.63) is 39.9 Å². The van der Waals surface area contributed by atoms with Crippen LogP contribution in [0, 0.1) is 6.92 Å². The van der Waals surface area contributed by atoms with Gasteiger partial charge in [0, 0.05) is 26.3 Å². The molecule has 0 radical (unpaired) electrons. The Morgan fingerprint density at radius 3 is 2.77 bits per heavy atom. The number of likely N-dealkylation sites (tertiary alicyclic amines) is 1. The quantitative estimate of drug-likeness (QED) is 0.841. The average Bonchev–Trinajstić information content (AvgIpc) is 3.06. The van der Waals surface area contributed by atoms with E-state index in [1.165, 1.54) is 0 Å². The highest BCUT2D eigenvalue weighted by molar-refractivity contribution is 6.41. The van der Waals surface area contributed by atoms with Crippen LogP contribution in [0.4, 0.5) is 0 Å². The van der Waals surface area contributed by atoms with E-state index in [0.717, 1.165) is 24.9 Å². The monoisotopic (exact) mass is 340 g/mol. The number of carbonyl (C=O) groups excluding carboxylic acids is 1. The van der Waals surface area contributed by atoms with E-state index in [2.05, 4.69) is 5.10 Å². The van der Waals surface area contributed by atoms with Crippen molar-refractivity contribution in [2.75, 3.05) is 13.1 Å². The van der Waals surface area contributed by atoms with Crippen molar-refractivity contribution in [3.8, 4) is 0 Å². The van der Waals surface area contributed by atoms with Crippen LogP contribution >= 0.6 is 23.2 Å². The summed E-state index contributed by atoms with van der Waals surface area (Å²) in [4.78, 5) is 14.6. The third-order valence-electron chi connectivity index (χ3n) is 4.12. The Morgan fingerprint density at radius 1 is 1.41 bits per heavy atom. The number of piperidine rings is 1. The Hall–Kier alpha value is -1.46. The molecule has 1 aliphatic rings. The van der Waals surface area contributed by atoms with Gasteiger partial charge in [-0.3, -0.25) is 9.48 Å². The van der Waals surface area contributed by atoms with Gasteiger partial charge in [-0.2, -0.15) is 5.10 Å². The number of hydrogen-bond acceptors (Lipinski definition) is 2. The second-order valence-corrected chi connectivity index (χ2v) is 6.54. The Bertz CT molecular complexity index is 706. The van der Waals surface area contributed by atoms with E-state index in [1.54, 1.807) is 17.7 Å². The lowest BCUT2D eigenvalue weighted by molar-refractivity contribution is 0.0663. The topological polar surface area (TPSA) is 43.1 Å². The second kappa shape index (κ2) is 5.97. The van der Waals surface area contributed by atoms with E-state index in [4.69, 9.17) is 23.2 Å². The van der Waals surface area contributed by atoms with Gasteiger partial charge in [-0.25, -0.2) is 0 Å². The number of rotatable bonds is 2. The maximum atomic E-state index is 12.7. The summed E-state index contributed by atoms with van der Waals surface area (Å²) < 4.78 is 3.59. The molecule has 7 heteroatoms. The Labute approximate surface area is 139 Å². The highest BCUT2D eigenvalue weighted by Crippen LogP contribution is 2.28. The lowest BCUT2D eigenvalue weighted by atomic mass is 10.1. The average molecular weight is 341 g/mol. The van der Waals surface area contributed by atoms with Crippen LogP contribution in [-0.4, -0.2) is 38.2 Å². The number of hydrogen-bond donors (Lipinski definition) is 0. The van der Waals surface area contributed by atoms with Crippen molar-refractivity contribution in [2.24, 2.45) is 7.05 Å². The fourth-order valence-corrected chi connectivity index (χ4v) is 3.27. The molecule has 1 amide bonds. The Morgan fingerprint density at radius 2 is 2.18 bits per heavy atom. The van der Waals surface area contributed by atoms with Crippen LogP contribution in [-0.2, 0) is 7.05 Å². The highest BCUT2D eigenvalue weighted by Gasteiger charge is 2.28. The minimum absolute atomic E-state index is 0.0371. The molecule has 1 atom stereocenters. The lowest BCUT2D eigenvalue weighted by Gasteiger charge is -2.33.